The number of rotatable bonds is 4. The Kier molecular flexibility index (Phi) is 10.4. The van der Waals surface area contributed by atoms with E-state index in [1.54, 1.807) is 6.07 Å². The second kappa shape index (κ2) is 13.3. The highest BCUT2D eigenvalue weighted by molar-refractivity contribution is 9.11. The van der Waals surface area contributed by atoms with E-state index in [-0.39, 0.29) is 38.4 Å². The lowest BCUT2D eigenvalue weighted by Crippen LogP contribution is -2.36. The Morgan fingerprint density at radius 1 is 0.490 bits per heavy atom. The van der Waals surface area contributed by atoms with Gasteiger partial charge >= 0.3 is 0 Å². The number of hydrogen-bond acceptors (Lipinski definition) is 6. The zero-order valence-corrected chi connectivity index (χ0v) is 35.8. The molecule has 8 nitrogen and oxygen atoms in total. The van der Waals surface area contributed by atoms with Crippen molar-refractivity contribution in [2.24, 2.45) is 0 Å². The summed E-state index contributed by atoms with van der Waals surface area (Å²) < 4.78 is 28.4. The molecule has 0 radical (unpaired) electrons. The van der Waals surface area contributed by atoms with Crippen LogP contribution >= 0.6 is 157 Å². The normalized spacial score (nSPS) is 14.4. The average molecular weight is 1100 g/mol. The van der Waals surface area contributed by atoms with Crippen LogP contribution in [0.3, 0.4) is 0 Å². The van der Waals surface area contributed by atoms with Crippen molar-refractivity contribution >= 4 is 201 Å². The van der Waals surface area contributed by atoms with Gasteiger partial charge in [-0.05, 0) is 81.9 Å². The van der Waals surface area contributed by atoms with Gasteiger partial charge in [-0.25, -0.2) is 18.2 Å². The number of anilines is 2. The lowest BCUT2D eigenvalue weighted by atomic mass is 10.1. The molecule has 4 aromatic rings. The van der Waals surface area contributed by atoms with Gasteiger partial charge in [0.2, 0.25) is 9.84 Å². The Hall–Kier alpha value is -0.650. The number of carbonyl (C=O) groups is 4. The lowest BCUT2D eigenvalue weighted by molar-refractivity contribution is 0.0903. The van der Waals surface area contributed by atoms with Crippen LogP contribution in [0, 0.1) is 0 Å². The Balaban J connectivity index is 1.72. The smallest absolute Gasteiger partial charge is 0.267 e. The molecular formula is C28H4Br4Cl8N2O6S. The fraction of sp³-hybridized carbons (Fsp3) is 0. The summed E-state index contributed by atoms with van der Waals surface area (Å²) >= 11 is 63.3. The van der Waals surface area contributed by atoms with E-state index in [9.17, 15) is 27.6 Å². The number of carbonyl (C=O) groups excluding carboxylic acids is 4. The molecule has 0 unspecified atom stereocenters. The van der Waals surface area contributed by atoms with Crippen molar-refractivity contribution in [2.75, 3.05) is 9.80 Å². The predicted octanol–water partition coefficient (Wildman–Crippen LogP) is 12.4. The molecule has 0 bridgehead atoms. The molecule has 0 spiro atoms. The maximum absolute atomic E-state index is 14.4. The third-order valence-electron chi connectivity index (χ3n) is 7.25. The first-order valence-electron chi connectivity index (χ1n) is 12.5. The Morgan fingerprint density at radius 2 is 0.837 bits per heavy atom. The molecule has 0 atom stereocenters. The van der Waals surface area contributed by atoms with Crippen LogP contribution in [0.25, 0.3) is 0 Å². The number of benzene rings is 4. The molecule has 0 N–H and O–H groups in total. The minimum Gasteiger partial charge on any atom is -0.268 e. The minimum atomic E-state index is -4.59. The van der Waals surface area contributed by atoms with Crippen LogP contribution in [-0.2, 0) is 9.84 Å². The number of sulfone groups is 1. The maximum Gasteiger partial charge on any atom is 0.267 e. The molecule has 4 amide bonds. The third-order valence-corrected chi connectivity index (χ3v) is 16.6. The molecule has 0 saturated carbocycles. The topological polar surface area (TPSA) is 109 Å². The molecule has 49 heavy (non-hydrogen) atoms. The first-order valence-corrected chi connectivity index (χ1v) is 20.2. The molecule has 252 valence electrons. The van der Waals surface area contributed by atoms with Crippen LogP contribution in [0.5, 0.6) is 0 Å². The van der Waals surface area contributed by atoms with Crippen molar-refractivity contribution in [3.8, 4) is 0 Å². The largest absolute Gasteiger partial charge is 0.268 e. The molecule has 6 rings (SSSR count). The highest BCUT2D eigenvalue weighted by Gasteiger charge is 2.49. The highest BCUT2D eigenvalue weighted by atomic mass is 79.9. The van der Waals surface area contributed by atoms with Crippen molar-refractivity contribution in [3.63, 3.8) is 0 Å². The average Bonchev–Trinajstić information content (AvgIpc) is 3.44. The quantitative estimate of drug-likeness (QED) is 0.114. The van der Waals surface area contributed by atoms with Crippen LogP contribution in [0.4, 0.5) is 11.4 Å². The van der Waals surface area contributed by atoms with Crippen LogP contribution in [0.15, 0.2) is 51.9 Å². The summed E-state index contributed by atoms with van der Waals surface area (Å²) in [5.41, 5.74) is -2.92. The van der Waals surface area contributed by atoms with Gasteiger partial charge in [0.25, 0.3) is 23.6 Å². The predicted molar refractivity (Wildman–Crippen MR) is 204 cm³/mol. The molecule has 0 aromatic heterocycles. The van der Waals surface area contributed by atoms with E-state index >= 15 is 0 Å². The summed E-state index contributed by atoms with van der Waals surface area (Å²) in [6, 6.07) is 5.56. The first kappa shape index (κ1) is 38.1. The lowest BCUT2D eigenvalue weighted by Gasteiger charge is -2.26. The molecule has 0 saturated heterocycles. The van der Waals surface area contributed by atoms with Crippen molar-refractivity contribution in [1.82, 2.24) is 0 Å². The van der Waals surface area contributed by atoms with E-state index in [0.717, 1.165) is 6.07 Å². The molecule has 2 aliphatic rings. The van der Waals surface area contributed by atoms with Gasteiger partial charge in [0.05, 0.1) is 78.3 Å². The van der Waals surface area contributed by atoms with E-state index in [1.807, 2.05) is 0 Å². The number of imide groups is 2. The molecule has 21 heteroatoms. The summed E-state index contributed by atoms with van der Waals surface area (Å²) in [5, 5.41) is -3.02. The van der Waals surface area contributed by atoms with Gasteiger partial charge in [0, 0.05) is 13.4 Å². The summed E-state index contributed by atoms with van der Waals surface area (Å²) in [6.07, 6.45) is 0. The molecule has 2 heterocycles. The van der Waals surface area contributed by atoms with E-state index < -0.39 is 96.6 Å². The number of nitrogens with zero attached hydrogens (tertiary/aromatic N) is 2. The second-order valence-electron chi connectivity index (χ2n) is 9.83. The summed E-state index contributed by atoms with van der Waals surface area (Å²) in [4.78, 5) is 56.6. The monoisotopic (exact) mass is 1090 g/mol. The molecule has 0 aliphatic carbocycles. The van der Waals surface area contributed by atoms with Gasteiger partial charge in [-0.1, -0.05) is 98.9 Å². The zero-order chi connectivity index (χ0) is 36.3. The van der Waals surface area contributed by atoms with Crippen molar-refractivity contribution in [2.45, 2.75) is 9.79 Å². The number of halogens is 12. The van der Waals surface area contributed by atoms with Gasteiger partial charge in [0.1, 0.15) is 9.79 Å². The molecule has 2 aliphatic heterocycles. The van der Waals surface area contributed by atoms with E-state index in [1.165, 1.54) is 12.1 Å². The first-order chi connectivity index (χ1) is 22.8. The van der Waals surface area contributed by atoms with Gasteiger partial charge in [-0.2, -0.15) is 0 Å². The van der Waals surface area contributed by atoms with Crippen LogP contribution in [0.2, 0.25) is 40.2 Å². The Bertz CT molecular complexity index is 2330. The van der Waals surface area contributed by atoms with Gasteiger partial charge in [-0.3, -0.25) is 19.2 Å². The molecule has 0 fully saturated rings. The number of fused-ring (bicyclic) bond motifs is 2. The molecular weight excluding hydrogens is 1100 g/mol. The fourth-order valence-electron chi connectivity index (χ4n) is 5.17. The van der Waals surface area contributed by atoms with Crippen molar-refractivity contribution in [1.29, 1.82) is 0 Å². The summed E-state index contributed by atoms with van der Waals surface area (Å²) in [5.74, 6) is -4.51. The van der Waals surface area contributed by atoms with Gasteiger partial charge in [-0.15, -0.1) is 0 Å². The zero-order valence-electron chi connectivity index (χ0n) is 22.6. The SMILES string of the molecule is O=C1c2c(Cl)c(Cl)c(Cl)c(Cl)c2C(=O)N1c1cc(Br)c(S(=O)(=O)c2c(Br)cccc2Br)c(Br)c1N1C(=O)c2c(Cl)c(Cl)c(Cl)c(Cl)c2C1=O. The Morgan fingerprint density at radius 3 is 1.20 bits per heavy atom. The highest BCUT2D eigenvalue weighted by Crippen LogP contribution is 2.54. The second-order valence-corrected chi connectivity index (χ2v) is 18.0. The van der Waals surface area contributed by atoms with Crippen LogP contribution in [-0.4, -0.2) is 32.0 Å². The Labute approximate surface area is 349 Å². The number of amides is 4. The van der Waals surface area contributed by atoms with E-state index in [4.69, 9.17) is 92.8 Å². The van der Waals surface area contributed by atoms with Crippen molar-refractivity contribution in [3.05, 3.63) is 105 Å². The van der Waals surface area contributed by atoms with E-state index in [0.29, 0.717) is 9.80 Å². The fourth-order valence-corrected chi connectivity index (χ4v) is 13.5. The van der Waals surface area contributed by atoms with Gasteiger partial charge in [0.15, 0.2) is 0 Å². The van der Waals surface area contributed by atoms with Gasteiger partial charge < -0.3 is 0 Å². The van der Waals surface area contributed by atoms with Crippen LogP contribution < -0.4 is 9.80 Å². The standard InChI is InChI=1S/C28H4Br4Cl8N2O6S/c29-5-2-1-3-6(30)23(5)49(47,48)24-7(31)4-8(41-25(43)9-10(26(41)44)15(34)19(38)18(37)14(9)33)22(13(24)32)42-27(45)11-12(28(42)46)17(36)21(40)20(39)16(11)35/h1-4H. The number of hydrogen-bond donors (Lipinski definition) is 0. The van der Waals surface area contributed by atoms with Crippen molar-refractivity contribution < 1.29 is 27.6 Å². The summed E-state index contributed by atoms with van der Waals surface area (Å²) in [6.45, 7) is 0. The van der Waals surface area contributed by atoms with E-state index in [2.05, 4.69) is 63.7 Å². The van der Waals surface area contributed by atoms with Crippen LogP contribution in [0.1, 0.15) is 41.4 Å². The molecule has 4 aromatic carbocycles. The minimum absolute atomic E-state index is 0.147. The maximum atomic E-state index is 14.4. The summed E-state index contributed by atoms with van der Waals surface area (Å²) in [7, 11) is -4.59. The third kappa shape index (κ3) is 5.48.